The molecule has 2 N–H and O–H groups in total. The highest BCUT2D eigenvalue weighted by Crippen LogP contribution is 2.46. The first-order valence-electron chi connectivity index (χ1n) is 19.8. The van der Waals surface area contributed by atoms with Crippen LogP contribution in [0.4, 0.5) is 18.3 Å². The van der Waals surface area contributed by atoms with E-state index in [0.29, 0.717) is 28.0 Å². The molecule has 0 amide bonds. The summed E-state index contributed by atoms with van der Waals surface area (Å²) < 4.78 is 47.1. The zero-order valence-corrected chi connectivity index (χ0v) is 35.6. The quantitative estimate of drug-likeness (QED) is 0.0520. The minimum atomic E-state index is -4.94. The lowest BCUT2D eigenvalue weighted by Gasteiger charge is -2.36. The zero-order valence-electron chi connectivity index (χ0n) is 33.1. The van der Waals surface area contributed by atoms with Crippen LogP contribution >= 0.6 is 34.9 Å². The molecular weight excluding hydrogens is 854 g/mol. The zero-order chi connectivity index (χ0) is 43.4. The summed E-state index contributed by atoms with van der Waals surface area (Å²) in [5.74, 6) is 0. The fourth-order valence-corrected chi connectivity index (χ4v) is 9.82. The number of oxime groups is 1. The van der Waals surface area contributed by atoms with Gasteiger partial charge in [-0.2, -0.15) is 13.2 Å². The number of benzene rings is 7. The first-order valence-corrected chi connectivity index (χ1v) is 21.8. The van der Waals surface area contributed by atoms with E-state index in [1.165, 1.54) is 11.3 Å². The molecule has 2 aromatic heterocycles. The lowest BCUT2D eigenvalue weighted by molar-refractivity contribution is -0.134. The van der Waals surface area contributed by atoms with Crippen LogP contribution in [0.1, 0.15) is 44.0 Å². The van der Waals surface area contributed by atoms with Crippen LogP contribution in [0.5, 0.6) is 0 Å². The molecule has 0 spiro atoms. The summed E-state index contributed by atoms with van der Waals surface area (Å²) in [7, 11) is 0. The van der Waals surface area contributed by atoms with Gasteiger partial charge in [-0.05, 0) is 47.1 Å². The molecule has 0 aliphatic heterocycles. The Morgan fingerprint density at radius 1 is 0.571 bits per heavy atom. The van der Waals surface area contributed by atoms with Gasteiger partial charge in [0.1, 0.15) is 21.1 Å². The van der Waals surface area contributed by atoms with Crippen LogP contribution in [0.15, 0.2) is 205 Å². The van der Waals surface area contributed by atoms with Gasteiger partial charge in [0.2, 0.25) is 10.7 Å². The lowest BCUT2D eigenvalue weighted by atomic mass is 9.77. The van der Waals surface area contributed by atoms with Crippen molar-refractivity contribution in [2.75, 3.05) is 5.32 Å². The first-order chi connectivity index (χ1) is 30.7. The number of alkyl halides is 3. The molecule has 0 aliphatic rings. The Balaban J connectivity index is 1.23. The van der Waals surface area contributed by atoms with Crippen LogP contribution in [0.25, 0.3) is 20.8 Å². The van der Waals surface area contributed by atoms with Gasteiger partial charge in [-0.1, -0.05) is 198 Å². The van der Waals surface area contributed by atoms with E-state index in [1.54, 1.807) is 0 Å². The Labute approximate surface area is 374 Å². The Morgan fingerprint density at radius 3 is 1.54 bits per heavy atom. The maximum atomic E-state index is 15.4. The molecule has 6 nitrogen and oxygen atoms in total. The maximum Gasteiger partial charge on any atom is 0.427 e. The van der Waals surface area contributed by atoms with E-state index in [-0.39, 0.29) is 5.13 Å². The Kier molecular flexibility index (Phi) is 11.4. The number of nitrogens with zero attached hydrogens (tertiary/aromatic N) is 3. The van der Waals surface area contributed by atoms with E-state index in [2.05, 4.69) is 15.5 Å². The second-order valence-corrected chi connectivity index (χ2v) is 16.9. The van der Waals surface area contributed by atoms with Gasteiger partial charge in [0, 0.05) is 22.3 Å². The van der Waals surface area contributed by atoms with Crippen molar-refractivity contribution in [1.82, 2.24) is 9.97 Å². The lowest BCUT2D eigenvalue weighted by Crippen LogP contribution is -2.38. The van der Waals surface area contributed by atoms with Gasteiger partial charge >= 0.3 is 6.18 Å². The molecule has 9 aromatic rings. The van der Waals surface area contributed by atoms with Gasteiger partial charge < -0.3 is 15.3 Å². The number of anilines is 1. The molecule has 0 saturated heterocycles. The van der Waals surface area contributed by atoms with Gasteiger partial charge in [0.15, 0.2) is 10.8 Å². The van der Waals surface area contributed by atoms with Crippen LogP contribution in [-0.2, 0) is 22.2 Å². The first kappa shape index (κ1) is 41.4. The van der Waals surface area contributed by atoms with Crippen molar-refractivity contribution in [3.63, 3.8) is 0 Å². The molecule has 7 aromatic carbocycles. The number of aliphatic hydroxyl groups excluding tert-OH is 1. The normalized spacial score (nSPS) is 12.3. The highest BCUT2D eigenvalue weighted by atomic mass is 32.1. The molecule has 0 unspecified atom stereocenters. The summed E-state index contributed by atoms with van der Waals surface area (Å²) in [6.07, 6.45) is -4.94. The predicted octanol–water partition coefficient (Wildman–Crippen LogP) is 13.4. The Bertz CT molecular complexity index is 2870. The van der Waals surface area contributed by atoms with Gasteiger partial charge in [-0.3, -0.25) is 0 Å². The number of para-hydroxylation sites is 1. The molecule has 12 heteroatoms. The number of hydrogen-bond donors (Lipinski definition) is 2. The van der Waals surface area contributed by atoms with Crippen LogP contribution in [0, 0.1) is 0 Å². The molecule has 0 radical (unpaired) electrons. The van der Waals surface area contributed by atoms with E-state index < -0.39 is 38.6 Å². The van der Waals surface area contributed by atoms with Gasteiger partial charge in [-0.15, -0.1) is 11.3 Å². The molecule has 0 saturated carbocycles. The topological polar surface area (TPSA) is 79.6 Å². The standard InChI is InChI=1S/C51H35F3N4O2S3/c52-51(53,54)45-43(56-48(63-45)57-49(35-20-6-1-7-21-35,36-22-8-2-9-23-36)37-24-10-3-11-25-37)44(47(59)61)58-60-50(38-26-12-4-13-27-38,39-28-14-5-15-29-39)40-30-18-19-34(33-40)46-55-41-31-16-17-32-42(41)62-46/h1-33H,(H,56,57)(H,59,61)/b58-44-. The minimum Gasteiger partial charge on any atom is -0.497 e. The fourth-order valence-electron chi connectivity index (χ4n) is 7.84. The molecule has 0 bridgehead atoms. The average molecular weight is 889 g/mol. The molecule has 310 valence electrons. The summed E-state index contributed by atoms with van der Waals surface area (Å²) in [6, 6.07) is 62.3. The van der Waals surface area contributed by atoms with E-state index in [1.807, 2.05) is 200 Å². The minimum absolute atomic E-state index is 0.0984. The van der Waals surface area contributed by atoms with Crippen molar-refractivity contribution in [1.29, 1.82) is 0 Å². The fraction of sp³-hybridized carbons (Fsp3) is 0.0588. The smallest absolute Gasteiger partial charge is 0.427 e. The van der Waals surface area contributed by atoms with E-state index in [0.717, 1.165) is 37.5 Å². The van der Waals surface area contributed by atoms with E-state index in [9.17, 15) is 5.11 Å². The second kappa shape index (κ2) is 17.4. The third-order valence-electron chi connectivity index (χ3n) is 10.7. The van der Waals surface area contributed by atoms with Gasteiger partial charge in [0.05, 0.1) is 10.2 Å². The number of nitrogens with one attached hydrogen (secondary N) is 1. The second-order valence-electron chi connectivity index (χ2n) is 14.5. The van der Waals surface area contributed by atoms with Crippen LogP contribution < -0.4 is 5.32 Å². The average Bonchev–Trinajstić information content (AvgIpc) is 3.96. The molecule has 9 rings (SSSR count). The molecule has 0 fully saturated rings. The molecule has 2 heterocycles. The van der Waals surface area contributed by atoms with E-state index in [4.69, 9.17) is 22.0 Å². The van der Waals surface area contributed by atoms with Crippen molar-refractivity contribution in [2.24, 2.45) is 5.16 Å². The summed E-state index contributed by atoms with van der Waals surface area (Å²) in [5, 5.41) is 18.8. The number of rotatable bonds is 13. The maximum absolute atomic E-state index is 15.4. The molecular formula is C51H35F3N4O2S3. The van der Waals surface area contributed by atoms with Gasteiger partial charge in [-0.25, -0.2) is 9.97 Å². The van der Waals surface area contributed by atoms with Crippen molar-refractivity contribution < 1.29 is 23.1 Å². The highest BCUT2D eigenvalue weighted by molar-refractivity contribution is 7.81. The summed E-state index contributed by atoms with van der Waals surface area (Å²) in [4.78, 5) is 15.0. The number of hydrogen-bond acceptors (Lipinski definition) is 8. The number of thiazole rings is 2. The highest BCUT2D eigenvalue weighted by Gasteiger charge is 2.44. The molecule has 0 aliphatic carbocycles. The van der Waals surface area contributed by atoms with Crippen molar-refractivity contribution >= 4 is 61.0 Å². The molecule has 0 atom stereocenters. The Morgan fingerprint density at radius 2 is 1.05 bits per heavy atom. The van der Waals surface area contributed by atoms with Crippen LogP contribution in [0.2, 0.25) is 0 Å². The van der Waals surface area contributed by atoms with Crippen molar-refractivity contribution in [3.8, 4) is 10.6 Å². The largest absolute Gasteiger partial charge is 0.497 e. The number of aromatic nitrogens is 2. The Hall–Kier alpha value is -6.99. The number of fused-ring (bicyclic) bond motifs is 1. The summed E-state index contributed by atoms with van der Waals surface area (Å²) in [5.41, 5.74) is 1.59. The number of halogens is 3. The van der Waals surface area contributed by atoms with Gasteiger partial charge in [0.25, 0.3) is 0 Å². The number of thiocarbonyl (C=S) groups is 1. The van der Waals surface area contributed by atoms with Crippen LogP contribution in [-0.4, -0.2) is 25.8 Å². The third kappa shape index (κ3) is 8.00. The number of aliphatic hydroxyl groups is 1. The predicted molar refractivity (Wildman–Crippen MR) is 251 cm³/mol. The monoisotopic (exact) mass is 888 g/mol. The summed E-state index contributed by atoms with van der Waals surface area (Å²) >= 11 is 7.22. The van der Waals surface area contributed by atoms with Crippen molar-refractivity contribution in [3.05, 3.63) is 244 Å². The van der Waals surface area contributed by atoms with E-state index >= 15 is 13.2 Å². The van der Waals surface area contributed by atoms with Crippen molar-refractivity contribution in [2.45, 2.75) is 17.3 Å². The van der Waals surface area contributed by atoms with Crippen LogP contribution in [0.3, 0.4) is 0 Å². The third-order valence-corrected chi connectivity index (χ3v) is 13.0. The molecule has 63 heavy (non-hydrogen) atoms. The summed E-state index contributed by atoms with van der Waals surface area (Å²) in [6.45, 7) is 0. The SMILES string of the molecule is OC(=S)/C(=N\OC(c1ccccc1)(c1ccccc1)c1cccc(-c2nc3ccccc3s2)c1)c1nc(NC(c2ccccc2)(c2ccccc2)c2ccccc2)sc1C(F)(F)F.